The standard InChI is InChI=1S/C26H28ClN5O4/c1-26(2,3)36-25(35)32-13-11-18(12-14-32)23(33)30-21(15-28)22(20-10-9-19(27)16-29-20)31-24(34)17-7-5-4-6-8-17/h4-10,16,18H,11-14H2,1-3H3,(H,30,33)(H,31,34)/b22-21-. The second kappa shape index (κ2) is 11.7. The lowest BCUT2D eigenvalue weighted by Gasteiger charge is -2.32. The molecule has 2 heterocycles. The molecule has 2 aromatic rings. The Balaban J connectivity index is 1.77. The fourth-order valence-corrected chi connectivity index (χ4v) is 3.69. The molecule has 0 saturated carbocycles. The van der Waals surface area contributed by atoms with E-state index < -0.39 is 23.5 Å². The van der Waals surface area contributed by atoms with Crippen molar-refractivity contribution in [2.24, 2.45) is 5.92 Å². The summed E-state index contributed by atoms with van der Waals surface area (Å²) in [6, 6.07) is 13.6. The number of carbonyl (C=O) groups is 3. The van der Waals surface area contributed by atoms with E-state index in [2.05, 4.69) is 15.6 Å². The number of likely N-dealkylation sites (tertiary alicyclic amines) is 1. The summed E-state index contributed by atoms with van der Waals surface area (Å²) in [5.74, 6) is -1.26. The Morgan fingerprint density at radius 2 is 1.75 bits per heavy atom. The summed E-state index contributed by atoms with van der Waals surface area (Å²) in [5.41, 5.74) is -0.0488. The highest BCUT2D eigenvalue weighted by atomic mass is 35.5. The molecule has 0 bridgehead atoms. The van der Waals surface area contributed by atoms with Gasteiger partial charge in [0.1, 0.15) is 23.1 Å². The molecule has 0 unspecified atom stereocenters. The van der Waals surface area contributed by atoms with Crippen LogP contribution >= 0.6 is 11.6 Å². The van der Waals surface area contributed by atoms with Crippen molar-refractivity contribution in [1.82, 2.24) is 20.5 Å². The van der Waals surface area contributed by atoms with Gasteiger partial charge in [-0.3, -0.25) is 14.6 Å². The Morgan fingerprint density at radius 3 is 2.31 bits per heavy atom. The van der Waals surface area contributed by atoms with Gasteiger partial charge >= 0.3 is 6.09 Å². The summed E-state index contributed by atoms with van der Waals surface area (Å²) in [6.45, 7) is 6.10. The zero-order valence-corrected chi connectivity index (χ0v) is 21.1. The van der Waals surface area contributed by atoms with Crippen molar-refractivity contribution < 1.29 is 19.1 Å². The van der Waals surface area contributed by atoms with Gasteiger partial charge in [0, 0.05) is 30.8 Å². The minimum atomic E-state index is -0.603. The van der Waals surface area contributed by atoms with Gasteiger partial charge in [0.05, 0.1) is 10.7 Å². The molecule has 2 N–H and O–H groups in total. The first-order valence-corrected chi connectivity index (χ1v) is 11.9. The van der Waals surface area contributed by atoms with Gasteiger partial charge in [-0.15, -0.1) is 0 Å². The maximum absolute atomic E-state index is 13.0. The molecule has 0 radical (unpaired) electrons. The number of ether oxygens (including phenoxy) is 1. The summed E-state index contributed by atoms with van der Waals surface area (Å²) in [6.07, 6.45) is 1.79. The Labute approximate surface area is 215 Å². The smallest absolute Gasteiger partial charge is 0.410 e. The summed E-state index contributed by atoms with van der Waals surface area (Å²) < 4.78 is 5.40. The average molecular weight is 510 g/mol. The first-order chi connectivity index (χ1) is 17.1. The van der Waals surface area contributed by atoms with Gasteiger partial charge in [0.15, 0.2) is 0 Å². The number of pyridine rings is 1. The number of carbonyl (C=O) groups excluding carboxylic acids is 3. The molecule has 1 aliphatic heterocycles. The molecule has 1 aliphatic rings. The lowest BCUT2D eigenvalue weighted by Crippen LogP contribution is -2.45. The van der Waals surface area contributed by atoms with Crippen LogP contribution in [0, 0.1) is 17.2 Å². The van der Waals surface area contributed by atoms with Crippen LogP contribution in [0.25, 0.3) is 5.70 Å². The largest absolute Gasteiger partial charge is 0.444 e. The van der Waals surface area contributed by atoms with Gasteiger partial charge in [0.25, 0.3) is 5.91 Å². The SMILES string of the molecule is CC(C)(C)OC(=O)N1CCC(C(=O)N/C(C#N)=C(\NC(=O)c2ccccc2)c2ccc(Cl)cn2)CC1. The third-order valence-corrected chi connectivity index (χ3v) is 5.61. The van der Waals surface area contributed by atoms with E-state index in [0.29, 0.717) is 36.5 Å². The van der Waals surface area contributed by atoms with Crippen molar-refractivity contribution in [1.29, 1.82) is 5.26 Å². The zero-order chi connectivity index (χ0) is 26.3. The zero-order valence-electron chi connectivity index (χ0n) is 20.4. The number of aromatic nitrogens is 1. The minimum absolute atomic E-state index is 0.0579. The number of halogens is 1. The van der Waals surface area contributed by atoms with E-state index in [9.17, 15) is 19.6 Å². The number of hydrogen-bond acceptors (Lipinski definition) is 6. The van der Waals surface area contributed by atoms with Crippen LogP contribution in [0.5, 0.6) is 0 Å². The maximum atomic E-state index is 13.0. The van der Waals surface area contributed by atoms with Crippen LogP contribution in [0.1, 0.15) is 49.7 Å². The molecule has 0 aliphatic carbocycles. The second-order valence-corrected chi connectivity index (χ2v) is 9.71. The molecule has 10 heteroatoms. The van der Waals surface area contributed by atoms with Gasteiger partial charge in [-0.2, -0.15) is 5.26 Å². The quantitative estimate of drug-likeness (QED) is 0.584. The Morgan fingerprint density at radius 1 is 1.08 bits per heavy atom. The van der Waals surface area contributed by atoms with Crippen LogP contribution < -0.4 is 10.6 Å². The monoisotopic (exact) mass is 509 g/mol. The van der Waals surface area contributed by atoms with Gasteiger partial charge in [-0.05, 0) is 57.9 Å². The van der Waals surface area contributed by atoms with Gasteiger partial charge < -0.3 is 20.3 Å². The van der Waals surface area contributed by atoms with Gasteiger partial charge in [-0.25, -0.2) is 4.79 Å². The first-order valence-electron chi connectivity index (χ1n) is 11.5. The van der Waals surface area contributed by atoms with Crippen LogP contribution in [-0.2, 0) is 9.53 Å². The van der Waals surface area contributed by atoms with E-state index in [1.165, 1.54) is 6.20 Å². The number of benzene rings is 1. The lowest BCUT2D eigenvalue weighted by molar-refractivity contribution is -0.125. The third-order valence-electron chi connectivity index (χ3n) is 5.39. The van der Waals surface area contributed by atoms with Crippen molar-refractivity contribution >= 4 is 35.2 Å². The molecule has 36 heavy (non-hydrogen) atoms. The third kappa shape index (κ3) is 7.30. The topological polar surface area (TPSA) is 124 Å². The summed E-state index contributed by atoms with van der Waals surface area (Å²) in [7, 11) is 0. The predicted molar refractivity (Wildman–Crippen MR) is 134 cm³/mol. The molecule has 1 aromatic heterocycles. The normalized spacial score (nSPS) is 14.8. The first kappa shape index (κ1) is 26.7. The van der Waals surface area contributed by atoms with Crippen LogP contribution in [0.4, 0.5) is 4.79 Å². The minimum Gasteiger partial charge on any atom is -0.444 e. The van der Waals surface area contributed by atoms with Crippen LogP contribution in [0.15, 0.2) is 54.4 Å². The van der Waals surface area contributed by atoms with Crippen LogP contribution in [0.3, 0.4) is 0 Å². The predicted octanol–water partition coefficient (Wildman–Crippen LogP) is 4.12. The van der Waals surface area contributed by atoms with E-state index in [-0.39, 0.29) is 23.0 Å². The van der Waals surface area contributed by atoms with E-state index in [4.69, 9.17) is 16.3 Å². The van der Waals surface area contributed by atoms with E-state index in [0.717, 1.165) is 0 Å². The number of nitrogens with zero attached hydrogens (tertiary/aromatic N) is 3. The molecule has 3 rings (SSSR count). The number of nitrogens with one attached hydrogen (secondary N) is 2. The van der Waals surface area contributed by atoms with E-state index in [1.807, 2.05) is 6.07 Å². The maximum Gasteiger partial charge on any atom is 0.410 e. The highest BCUT2D eigenvalue weighted by molar-refractivity contribution is 6.30. The highest BCUT2D eigenvalue weighted by Crippen LogP contribution is 2.22. The molecule has 1 saturated heterocycles. The molecule has 188 valence electrons. The number of amides is 3. The molecule has 1 aromatic carbocycles. The molecule has 1 fully saturated rings. The van der Waals surface area contributed by atoms with Crippen LogP contribution in [-0.4, -0.2) is 46.5 Å². The summed E-state index contributed by atoms with van der Waals surface area (Å²) in [4.78, 5) is 43.9. The molecule has 0 atom stereocenters. The van der Waals surface area contributed by atoms with Crippen LogP contribution in [0.2, 0.25) is 5.02 Å². The summed E-state index contributed by atoms with van der Waals surface area (Å²) >= 11 is 5.95. The van der Waals surface area contributed by atoms with Crippen molar-refractivity contribution in [3.8, 4) is 6.07 Å². The van der Waals surface area contributed by atoms with Gasteiger partial charge in [-0.1, -0.05) is 29.8 Å². The number of nitriles is 1. The second-order valence-electron chi connectivity index (χ2n) is 9.27. The van der Waals surface area contributed by atoms with E-state index >= 15 is 0 Å². The molecule has 9 nitrogen and oxygen atoms in total. The van der Waals surface area contributed by atoms with Crippen molar-refractivity contribution in [2.75, 3.05) is 13.1 Å². The Bertz CT molecular complexity index is 1180. The number of allylic oxidation sites excluding steroid dienone is 1. The molecular formula is C26H28ClN5O4. The molecule has 0 spiro atoms. The van der Waals surface area contributed by atoms with Crippen molar-refractivity contribution in [3.05, 3.63) is 70.6 Å². The summed E-state index contributed by atoms with van der Waals surface area (Å²) in [5, 5.41) is 15.6. The highest BCUT2D eigenvalue weighted by Gasteiger charge is 2.30. The Hall–Kier alpha value is -3.90. The fourth-order valence-electron chi connectivity index (χ4n) is 3.58. The number of rotatable bonds is 5. The lowest BCUT2D eigenvalue weighted by atomic mass is 9.96. The number of hydrogen-bond donors (Lipinski definition) is 2. The number of piperidine rings is 1. The average Bonchev–Trinajstić information content (AvgIpc) is 2.86. The van der Waals surface area contributed by atoms with Crippen molar-refractivity contribution in [3.63, 3.8) is 0 Å². The van der Waals surface area contributed by atoms with E-state index in [1.54, 1.807) is 68.1 Å². The Kier molecular flexibility index (Phi) is 8.67. The molecular weight excluding hydrogens is 482 g/mol. The fraction of sp³-hybridized carbons (Fsp3) is 0.346. The molecule has 3 amide bonds. The van der Waals surface area contributed by atoms with Gasteiger partial charge in [0.2, 0.25) is 5.91 Å². The van der Waals surface area contributed by atoms with Crippen molar-refractivity contribution in [2.45, 2.75) is 39.2 Å².